The molecule has 1 N–H and O–H groups in total. The van der Waals surface area contributed by atoms with Gasteiger partial charge in [-0.3, -0.25) is 9.59 Å². The number of carbonyl (C=O) groups is 2. The Morgan fingerprint density at radius 3 is 2.68 bits per heavy atom. The second kappa shape index (κ2) is 5.97. The van der Waals surface area contributed by atoms with E-state index in [0.29, 0.717) is 19.4 Å². The van der Waals surface area contributed by atoms with Crippen molar-refractivity contribution in [2.45, 2.75) is 19.4 Å². The van der Waals surface area contributed by atoms with E-state index in [9.17, 15) is 14.7 Å². The average Bonchev–Trinajstić information content (AvgIpc) is 2.90. The number of aliphatic carboxylic acids is 1. The van der Waals surface area contributed by atoms with Gasteiger partial charge in [0.25, 0.3) is 0 Å². The van der Waals surface area contributed by atoms with Crippen LogP contribution in [0, 0.1) is 11.8 Å². The minimum atomic E-state index is -0.898. The van der Waals surface area contributed by atoms with Gasteiger partial charge in [-0.05, 0) is 12.8 Å². The van der Waals surface area contributed by atoms with Crippen molar-refractivity contribution in [2.24, 2.45) is 11.8 Å². The van der Waals surface area contributed by atoms with Crippen LogP contribution in [0.15, 0.2) is 23.0 Å². The highest BCUT2D eigenvalue weighted by atomic mass is 32.1. The molecule has 0 saturated carbocycles. The summed E-state index contributed by atoms with van der Waals surface area (Å²) in [6.07, 6.45) is 4.65. The van der Waals surface area contributed by atoms with E-state index in [1.54, 1.807) is 17.5 Å². The van der Waals surface area contributed by atoms with E-state index in [-0.39, 0.29) is 5.91 Å². The smallest absolute Gasteiger partial charge is 0.307 e. The summed E-state index contributed by atoms with van der Waals surface area (Å²) in [4.78, 5) is 29.2. The lowest BCUT2D eigenvalue weighted by Gasteiger charge is -2.28. The minimum absolute atomic E-state index is 0.121. The van der Waals surface area contributed by atoms with E-state index < -0.39 is 17.8 Å². The van der Waals surface area contributed by atoms with Gasteiger partial charge in [-0.1, -0.05) is 12.2 Å². The normalized spacial score (nSPS) is 22.2. The Kier molecular flexibility index (Phi) is 4.31. The van der Waals surface area contributed by atoms with Gasteiger partial charge in [0, 0.05) is 12.4 Å². The SMILES string of the molecule is CN(Cc1cscn1)C(=O)[C@@H]1CC=CC[C@@H]1C(=O)O. The van der Waals surface area contributed by atoms with Crippen molar-refractivity contribution < 1.29 is 14.7 Å². The third-order valence-electron chi connectivity index (χ3n) is 3.33. The zero-order chi connectivity index (χ0) is 13.8. The first-order chi connectivity index (χ1) is 9.09. The summed E-state index contributed by atoms with van der Waals surface area (Å²) in [5.74, 6) is -2.10. The molecule has 6 heteroatoms. The second-order valence-electron chi connectivity index (χ2n) is 4.67. The maximum Gasteiger partial charge on any atom is 0.307 e. The van der Waals surface area contributed by atoms with Crippen LogP contribution in [0.4, 0.5) is 0 Å². The molecule has 0 radical (unpaired) electrons. The van der Waals surface area contributed by atoms with Gasteiger partial charge in [0.05, 0.1) is 29.6 Å². The highest BCUT2D eigenvalue weighted by Gasteiger charge is 2.35. The van der Waals surface area contributed by atoms with Crippen molar-refractivity contribution in [1.29, 1.82) is 0 Å². The molecule has 0 aromatic carbocycles. The van der Waals surface area contributed by atoms with Crippen LogP contribution in [-0.4, -0.2) is 33.9 Å². The molecule has 2 rings (SSSR count). The van der Waals surface area contributed by atoms with Gasteiger partial charge in [0.1, 0.15) is 0 Å². The number of allylic oxidation sites excluding steroid dienone is 2. The molecule has 0 unspecified atom stereocenters. The van der Waals surface area contributed by atoms with Crippen molar-refractivity contribution in [3.05, 3.63) is 28.7 Å². The Labute approximate surface area is 115 Å². The zero-order valence-electron chi connectivity index (χ0n) is 10.7. The average molecular weight is 280 g/mol. The third kappa shape index (κ3) is 3.20. The van der Waals surface area contributed by atoms with E-state index in [1.807, 2.05) is 17.5 Å². The molecule has 5 nitrogen and oxygen atoms in total. The third-order valence-corrected chi connectivity index (χ3v) is 3.96. The predicted molar refractivity (Wildman–Crippen MR) is 71.6 cm³/mol. The van der Waals surface area contributed by atoms with Gasteiger partial charge in [-0.2, -0.15) is 0 Å². The molecule has 2 atom stereocenters. The lowest BCUT2D eigenvalue weighted by Crippen LogP contribution is -2.39. The lowest BCUT2D eigenvalue weighted by atomic mass is 9.82. The molecule has 0 fully saturated rings. The molecular weight excluding hydrogens is 264 g/mol. The monoisotopic (exact) mass is 280 g/mol. The van der Waals surface area contributed by atoms with Crippen LogP contribution in [-0.2, 0) is 16.1 Å². The summed E-state index contributed by atoms with van der Waals surface area (Å²) in [6.45, 7) is 0.425. The molecule has 1 aromatic rings. The summed E-state index contributed by atoms with van der Waals surface area (Å²) >= 11 is 1.48. The number of carbonyl (C=O) groups excluding carboxylic acids is 1. The topological polar surface area (TPSA) is 70.5 Å². The fourth-order valence-electron chi connectivity index (χ4n) is 2.28. The standard InChI is InChI=1S/C13H16N2O3S/c1-15(6-9-7-19-8-14-9)12(16)10-4-2-3-5-11(10)13(17)18/h2-3,7-8,10-11H,4-6H2,1H3,(H,17,18)/t10-,11+/m1/s1. The molecule has 1 amide bonds. The predicted octanol–water partition coefficient (Wildman–Crippen LogP) is 1.77. The van der Waals surface area contributed by atoms with E-state index >= 15 is 0 Å². The van der Waals surface area contributed by atoms with Crippen LogP contribution in [0.5, 0.6) is 0 Å². The molecule has 1 aromatic heterocycles. The molecule has 0 aliphatic heterocycles. The maximum absolute atomic E-state index is 12.3. The van der Waals surface area contributed by atoms with Crippen LogP contribution in [0.2, 0.25) is 0 Å². The van der Waals surface area contributed by atoms with Crippen molar-refractivity contribution in [2.75, 3.05) is 7.05 Å². The number of aromatic nitrogens is 1. The van der Waals surface area contributed by atoms with Crippen LogP contribution >= 0.6 is 11.3 Å². The number of carboxylic acid groups (broad SMARTS) is 1. The van der Waals surface area contributed by atoms with Crippen LogP contribution in [0.25, 0.3) is 0 Å². The fraction of sp³-hybridized carbons (Fsp3) is 0.462. The molecule has 0 saturated heterocycles. The van der Waals surface area contributed by atoms with Gasteiger partial charge in [-0.25, -0.2) is 4.98 Å². The van der Waals surface area contributed by atoms with Crippen LogP contribution < -0.4 is 0 Å². The van der Waals surface area contributed by atoms with Crippen molar-refractivity contribution >= 4 is 23.2 Å². The second-order valence-corrected chi connectivity index (χ2v) is 5.39. The summed E-state index contributed by atoms with van der Waals surface area (Å²) in [7, 11) is 1.69. The van der Waals surface area contributed by atoms with Crippen LogP contribution in [0.3, 0.4) is 0 Å². The number of carboxylic acids is 1. The van der Waals surface area contributed by atoms with Gasteiger partial charge >= 0.3 is 5.97 Å². The van der Waals surface area contributed by atoms with Gasteiger partial charge in [0.15, 0.2) is 0 Å². The Morgan fingerprint density at radius 1 is 1.42 bits per heavy atom. The van der Waals surface area contributed by atoms with Gasteiger partial charge < -0.3 is 10.0 Å². The summed E-state index contributed by atoms with van der Waals surface area (Å²) in [5.41, 5.74) is 2.55. The number of hydrogen-bond donors (Lipinski definition) is 1. The lowest BCUT2D eigenvalue weighted by molar-refractivity contribution is -0.150. The Hall–Kier alpha value is -1.69. The Balaban J connectivity index is 2.05. The first kappa shape index (κ1) is 13.7. The van der Waals surface area contributed by atoms with E-state index in [0.717, 1.165) is 5.69 Å². The maximum atomic E-state index is 12.3. The number of thiazole rings is 1. The molecular formula is C13H16N2O3S. The zero-order valence-corrected chi connectivity index (χ0v) is 11.5. The largest absolute Gasteiger partial charge is 0.481 e. The molecule has 0 bridgehead atoms. The highest BCUT2D eigenvalue weighted by molar-refractivity contribution is 7.07. The number of rotatable bonds is 4. The quantitative estimate of drug-likeness (QED) is 0.853. The van der Waals surface area contributed by atoms with Crippen LogP contribution in [0.1, 0.15) is 18.5 Å². The first-order valence-electron chi connectivity index (χ1n) is 6.09. The van der Waals surface area contributed by atoms with E-state index in [1.165, 1.54) is 11.3 Å². The molecule has 102 valence electrons. The van der Waals surface area contributed by atoms with E-state index in [4.69, 9.17) is 0 Å². The van der Waals surface area contributed by atoms with Crippen molar-refractivity contribution in [3.63, 3.8) is 0 Å². The van der Waals surface area contributed by atoms with Gasteiger partial charge in [0.2, 0.25) is 5.91 Å². The molecule has 19 heavy (non-hydrogen) atoms. The van der Waals surface area contributed by atoms with E-state index in [2.05, 4.69) is 4.98 Å². The first-order valence-corrected chi connectivity index (χ1v) is 7.03. The Bertz CT molecular complexity index is 484. The summed E-state index contributed by atoms with van der Waals surface area (Å²) in [6, 6.07) is 0. The number of amides is 1. The fourth-order valence-corrected chi connectivity index (χ4v) is 2.83. The molecule has 1 aliphatic rings. The van der Waals surface area contributed by atoms with Crippen molar-refractivity contribution in [1.82, 2.24) is 9.88 Å². The van der Waals surface area contributed by atoms with Gasteiger partial charge in [-0.15, -0.1) is 11.3 Å². The minimum Gasteiger partial charge on any atom is -0.481 e. The molecule has 1 heterocycles. The number of hydrogen-bond acceptors (Lipinski definition) is 4. The van der Waals surface area contributed by atoms with Crippen molar-refractivity contribution in [3.8, 4) is 0 Å². The molecule has 0 spiro atoms. The Morgan fingerprint density at radius 2 is 2.11 bits per heavy atom. The summed E-state index contributed by atoms with van der Waals surface area (Å²) in [5, 5.41) is 11.1. The highest BCUT2D eigenvalue weighted by Crippen LogP contribution is 2.27. The number of nitrogens with zero attached hydrogens (tertiary/aromatic N) is 2. The summed E-state index contributed by atoms with van der Waals surface area (Å²) < 4.78 is 0. The molecule has 1 aliphatic carbocycles.